The molecule has 0 radical (unpaired) electrons. The zero-order chi connectivity index (χ0) is 14.3. The number of nitrogens with zero attached hydrogens (tertiary/aromatic N) is 1. The zero-order valence-electron chi connectivity index (χ0n) is 10.3. The third-order valence-electron chi connectivity index (χ3n) is 2.07. The number of ketones is 1. The molecule has 0 aromatic heterocycles. The van der Waals surface area contributed by atoms with Gasteiger partial charge < -0.3 is 4.84 Å². The number of Topliss-reactive ketones (excluding diaryl/α,β-unsaturated/α-hetero) is 1. The predicted octanol–water partition coefficient (Wildman–Crippen LogP) is 2.84. The largest absolute Gasteiger partial charge is 0.399 e. The fourth-order valence-corrected chi connectivity index (χ4v) is 1.50. The molecule has 0 saturated carbocycles. The van der Waals surface area contributed by atoms with Crippen LogP contribution in [-0.2, 0) is 9.68 Å². The molecule has 0 bridgehead atoms. The molecule has 7 heteroatoms. The summed E-state index contributed by atoms with van der Waals surface area (Å²) in [5, 5.41) is 4.22. The molecule has 0 aliphatic rings. The van der Waals surface area contributed by atoms with Gasteiger partial charge in [0.25, 0.3) is 0 Å². The monoisotopic (exact) mass is 302 g/mol. The number of halogens is 2. The first-order valence-corrected chi connectivity index (χ1v) is 5.90. The van der Waals surface area contributed by atoms with E-state index in [-0.39, 0.29) is 11.4 Å². The molecule has 0 fully saturated rings. The Balaban J connectivity index is 3.04. The maximum atomic E-state index is 12.2. The van der Waals surface area contributed by atoms with Crippen LogP contribution in [0.1, 0.15) is 10.4 Å². The number of oxime groups is 1. The molecular weight excluding hydrogens is 291 g/mol. The van der Waals surface area contributed by atoms with Crippen LogP contribution >= 0.6 is 23.2 Å². The lowest BCUT2D eigenvalue weighted by molar-refractivity contribution is 0.102. The second-order valence-corrected chi connectivity index (χ2v) is 4.11. The van der Waals surface area contributed by atoms with Crippen LogP contribution < -0.4 is 5.48 Å². The first-order chi connectivity index (χ1) is 9.10. The van der Waals surface area contributed by atoms with Gasteiger partial charge in [0.1, 0.15) is 7.11 Å². The molecule has 19 heavy (non-hydrogen) atoms. The average molecular weight is 303 g/mol. The van der Waals surface area contributed by atoms with Crippen molar-refractivity contribution in [2.24, 2.45) is 5.16 Å². The summed E-state index contributed by atoms with van der Waals surface area (Å²) in [5.74, 6) is -0.302. The van der Waals surface area contributed by atoms with Crippen molar-refractivity contribution in [3.63, 3.8) is 0 Å². The topological polar surface area (TPSA) is 59.9 Å². The third-order valence-corrected chi connectivity index (χ3v) is 2.81. The zero-order valence-corrected chi connectivity index (χ0v) is 11.8. The second kappa shape index (κ2) is 7.78. The molecule has 102 valence electrons. The highest BCUT2D eigenvalue weighted by Crippen LogP contribution is 2.23. The van der Waals surface area contributed by atoms with Crippen molar-refractivity contribution in [3.8, 4) is 0 Å². The Bertz CT molecular complexity index is 516. The van der Waals surface area contributed by atoms with Gasteiger partial charge in [0, 0.05) is 11.8 Å². The first kappa shape index (κ1) is 15.5. The van der Waals surface area contributed by atoms with Gasteiger partial charge in [0.15, 0.2) is 5.78 Å². The number of hydrogen-bond acceptors (Lipinski definition) is 5. The quantitative estimate of drug-likeness (QED) is 0.380. The normalized spacial score (nSPS) is 11.7. The van der Waals surface area contributed by atoms with E-state index in [9.17, 15) is 4.79 Å². The van der Waals surface area contributed by atoms with Gasteiger partial charge in [0.2, 0.25) is 0 Å². The van der Waals surface area contributed by atoms with Gasteiger partial charge in [-0.1, -0.05) is 28.4 Å². The maximum Gasteiger partial charge on any atom is 0.196 e. The van der Waals surface area contributed by atoms with Gasteiger partial charge in [-0.05, 0) is 18.2 Å². The predicted molar refractivity (Wildman–Crippen MR) is 74.5 cm³/mol. The molecule has 1 rings (SSSR count). The Labute approximate surface area is 120 Å². The number of carbonyl (C=O) groups is 1. The van der Waals surface area contributed by atoms with Crippen LogP contribution in [0.25, 0.3) is 0 Å². The molecule has 0 aliphatic heterocycles. The van der Waals surface area contributed by atoms with E-state index in [4.69, 9.17) is 23.2 Å². The highest BCUT2D eigenvalue weighted by molar-refractivity contribution is 6.42. The lowest BCUT2D eigenvalue weighted by Crippen LogP contribution is -2.11. The molecule has 0 amide bonds. The lowest BCUT2D eigenvalue weighted by atomic mass is 10.1. The fraction of sp³-hybridized carbons (Fsp3) is 0.167. The number of hydroxylamine groups is 1. The van der Waals surface area contributed by atoms with E-state index in [1.54, 1.807) is 12.1 Å². The van der Waals surface area contributed by atoms with Crippen molar-refractivity contribution < 1.29 is 14.5 Å². The van der Waals surface area contributed by atoms with Gasteiger partial charge >= 0.3 is 0 Å². The van der Waals surface area contributed by atoms with Crippen molar-refractivity contribution >= 4 is 35.2 Å². The Morgan fingerprint density at radius 1 is 1.32 bits per heavy atom. The highest BCUT2D eigenvalue weighted by Gasteiger charge is 2.12. The maximum absolute atomic E-state index is 12.2. The van der Waals surface area contributed by atoms with Crippen molar-refractivity contribution in [1.82, 2.24) is 5.48 Å². The SMILES string of the molecule is CO/N=C/C(=C\NOC)C(=O)c1ccc(Cl)c(Cl)c1. The molecule has 0 heterocycles. The Morgan fingerprint density at radius 2 is 2.05 bits per heavy atom. The van der Waals surface area contributed by atoms with Crippen LogP contribution in [0.2, 0.25) is 10.0 Å². The molecule has 0 unspecified atom stereocenters. The van der Waals surface area contributed by atoms with E-state index in [0.29, 0.717) is 15.6 Å². The van der Waals surface area contributed by atoms with Gasteiger partial charge in [-0.3, -0.25) is 15.1 Å². The van der Waals surface area contributed by atoms with Gasteiger partial charge in [-0.15, -0.1) is 0 Å². The van der Waals surface area contributed by atoms with Crippen molar-refractivity contribution in [2.45, 2.75) is 0 Å². The summed E-state index contributed by atoms with van der Waals surface area (Å²) in [5.41, 5.74) is 3.06. The second-order valence-electron chi connectivity index (χ2n) is 3.30. The number of nitrogens with one attached hydrogen (secondary N) is 1. The number of rotatable bonds is 6. The summed E-state index contributed by atoms with van der Waals surface area (Å²) in [6.07, 6.45) is 2.62. The molecule has 1 aromatic rings. The van der Waals surface area contributed by atoms with E-state index >= 15 is 0 Å². The minimum atomic E-state index is -0.302. The first-order valence-electron chi connectivity index (χ1n) is 5.15. The Morgan fingerprint density at radius 3 is 2.63 bits per heavy atom. The Kier molecular flexibility index (Phi) is 6.35. The molecule has 1 aromatic carbocycles. The standard InChI is InChI=1S/C12H12Cl2N2O3/c1-18-15-6-9(7-16-19-2)12(17)8-3-4-10(13)11(14)5-8/h3-7,15H,1-2H3/b9-6+,16-7+. The average Bonchev–Trinajstić information content (AvgIpc) is 2.41. The number of hydrogen-bond donors (Lipinski definition) is 1. The number of carbonyl (C=O) groups excluding carboxylic acids is 1. The lowest BCUT2D eigenvalue weighted by Gasteiger charge is -2.04. The van der Waals surface area contributed by atoms with E-state index in [0.717, 1.165) is 0 Å². The van der Waals surface area contributed by atoms with E-state index in [1.165, 1.54) is 32.7 Å². The Hall–Kier alpha value is -1.56. The van der Waals surface area contributed by atoms with Crippen LogP contribution in [0, 0.1) is 0 Å². The van der Waals surface area contributed by atoms with E-state index in [1.807, 2.05) is 0 Å². The molecule has 1 N–H and O–H groups in total. The van der Waals surface area contributed by atoms with Crippen molar-refractivity contribution in [1.29, 1.82) is 0 Å². The van der Waals surface area contributed by atoms with Crippen LogP contribution in [0.5, 0.6) is 0 Å². The third kappa shape index (κ3) is 4.55. The molecule has 0 aliphatic carbocycles. The van der Waals surface area contributed by atoms with Crippen molar-refractivity contribution in [2.75, 3.05) is 14.2 Å². The van der Waals surface area contributed by atoms with Gasteiger partial charge in [-0.2, -0.15) is 0 Å². The summed E-state index contributed by atoms with van der Waals surface area (Å²) in [6.45, 7) is 0. The number of allylic oxidation sites excluding steroid dienone is 1. The number of benzene rings is 1. The summed E-state index contributed by atoms with van der Waals surface area (Å²) >= 11 is 11.7. The van der Waals surface area contributed by atoms with Crippen LogP contribution in [0.15, 0.2) is 35.1 Å². The summed E-state index contributed by atoms with van der Waals surface area (Å²) < 4.78 is 0. The summed E-state index contributed by atoms with van der Waals surface area (Å²) in [6, 6.07) is 4.59. The van der Waals surface area contributed by atoms with Gasteiger partial charge in [0.05, 0.1) is 28.9 Å². The van der Waals surface area contributed by atoms with Crippen molar-refractivity contribution in [3.05, 3.63) is 45.6 Å². The van der Waals surface area contributed by atoms with Crippen LogP contribution in [-0.4, -0.2) is 26.2 Å². The molecule has 0 saturated heterocycles. The minimum absolute atomic E-state index is 0.238. The van der Waals surface area contributed by atoms with Crippen LogP contribution in [0.4, 0.5) is 0 Å². The highest BCUT2D eigenvalue weighted by atomic mass is 35.5. The van der Waals surface area contributed by atoms with Gasteiger partial charge in [-0.25, -0.2) is 0 Å². The van der Waals surface area contributed by atoms with E-state index in [2.05, 4.69) is 20.3 Å². The van der Waals surface area contributed by atoms with Crippen LogP contribution in [0.3, 0.4) is 0 Å². The minimum Gasteiger partial charge on any atom is -0.399 e. The molecule has 0 spiro atoms. The fourth-order valence-electron chi connectivity index (χ4n) is 1.20. The smallest absolute Gasteiger partial charge is 0.196 e. The summed E-state index contributed by atoms with van der Waals surface area (Å²) in [7, 11) is 2.80. The molecule has 0 atom stereocenters. The molecular formula is C12H12Cl2N2O3. The van der Waals surface area contributed by atoms with E-state index < -0.39 is 0 Å². The summed E-state index contributed by atoms with van der Waals surface area (Å²) in [4.78, 5) is 21.4. The molecule has 5 nitrogen and oxygen atoms in total.